The van der Waals surface area contributed by atoms with Crippen LogP contribution < -0.4 is 5.73 Å². The Balaban J connectivity index is 2.11. The summed E-state index contributed by atoms with van der Waals surface area (Å²) in [6.45, 7) is 0. The van der Waals surface area contributed by atoms with Gasteiger partial charge in [0.15, 0.2) is 0 Å². The highest BCUT2D eigenvalue weighted by molar-refractivity contribution is 7.99. The van der Waals surface area contributed by atoms with E-state index >= 15 is 0 Å². The van der Waals surface area contributed by atoms with Gasteiger partial charge < -0.3 is 5.73 Å². The summed E-state index contributed by atoms with van der Waals surface area (Å²) in [6, 6.07) is 9.59. The molecule has 6 heteroatoms. The molecule has 0 unspecified atom stereocenters. The third kappa shape index (κ3) is 2.10. The van der Waals surface area contributed by atoms with E-state index in [4.69, 9.17) is 5.73 Å². The SMILES string of the molecule is Nc1nc(Sc2ccncn2)c2ccccc2n1. The number of hydrogen-bond acceptors (Lipinski definition) is 6. The Morgan fingerprint density at radius 2 is 1.94 bits per heavy atom. The van der Waals surface area contributed by atoms with Crippen molar-refractivity contribution >= 4 is 28.6 Å². The van der Waals surface area contributed by atoms with Gasteiger partial charge in [0, 0.05) is 11.6 Å². The first kappa shape index (κ1) is 10.9. The van der Waals surface area contributed by atoms with Crippen LogP contribution in [0, 0.1) is 0 Å². The fourth-order valence-electron chi connectivity index (χ4n) is 1.58. The Kier molecular flexibility index (Phi) is 2.77. The highest BCUT2D eigenvalue weighted by Gasteiger charge is 2.07. The molecule has 0 aliphatic heterocycles. The number of anilines is 1. The summed E-state index contributed by atoms with van der Waals surface area (Å²) in [7, 11) is 0. The second kappa shape index (κ2) is 4.58. The number of nitrogens with two attached hydrogens (primary N) is 1. The van der Waals surface area contributed by atoms with E-state index in [9.17, 15) is 0 Å². The summed E-state index contributed by atoms with van der Waals surface area (Å²) in [5.74, 6) is 0.269. The molecule has 3 aromatic rings. The van der Waals surface area contributed by atoms with Crippen molar-refractivity contribution in [1.29, 1.82) is 0 Å². The fourth-order valence-corrected chi connectivity index (χ4v) is 2.43. The van der Waals surface area contributed by atoms with Gasteiger partial charge in [0.25, 0.3) is 0 Å². The molecule has 0 fully saturated rings. The van der Waals surface area contributed by atoms with Gasteiger partial charge in [0.1, 0.15) is 16.4 Å². The molecule has 0 bridgehead atoms. The first-order valence-corrected chi connectivity index (χ1v) is 6.11. The molecular weight excluding hydrogens is 246 g/mol. The Morgan fingerprint density at radius 1 is 1.06 bits per heavy atom. The van der Waals surface area contributed by atoms with Crippen molar-refractivity contribution in [3.05, 3.63) is 42.9 Å². The average molecular weight is 255 g/mol. The molecule has 0 saturated carbocycles. The van der Waals surface area contributed by atoms with E-state index in [0.29, 0.717) is 0 Å². The van der Waals surface area contributed by atoms with Gasteiger partial charge in [-0.2, -0.15) is 0 Å². The van der Waals surface area contributed by atoms with Crippen LogP contribution >= 0.6 is 11.8 Å². The van der Waals surface area contributed by atoms with Crippen molar-refractivity contribution < 1.29 is 0 Å². The van der Waals surface area contributed by atoms with E-state index in [1.165, 1.54) is 18.1 Å². The number of aromatic nitrogens is 4. The molecule has 0 amide bonds. The van der Waals surface area contributed by atoms with Gasteiger partial charge in [-0.1, -0.05) is 18.2 Å². The second-order valence-electron chi connectivity index (χ2n) is 3.55. The summed E-state index contributed by atoms with van der Waals surface area (Å²) < 4.78 is 0. The maximum atomic E-state index is 5.71. The number of nitrogen functional groups attached to an aromatic ring is 1. The Morgan fingerprint density at radius 3 is 2.78 bits per heavy atom. The van der Waals surface area contributed by atoms with Crippen LogP contribution in [0.15, 0.2) is 52.9 Å². The largest absolute Gasteiger partial charge is 0.368 e. The van der Waals surface area contributed by atoms with Crippen molar-refractivity contribution in [3.63, 3.8) is 0 Å². The number of benzene rings is 1. The van der Waals surface area contributed by atoms with Crippen LogP contribution in [-0.4, -0.2) is 19.9 Å². The maximum Gasteiger partial charge on any atom is 0.221 e. The molecule has 88 valence electrons. The zero-order valence-electron chi connectivity index (χ0n) is 9.32. The van der Waals surface area contributed by atoms with Crippen LogP contribution in [-0.2, 0) is 0 Å². The number of hydrogen-bond donors (Lipinski definition) is 1. The summed E-state index contributed by atoms with van der Waals surface area (Å²) in [5, 5.41) is 2.60. The second-order valence-corrected chi connectivity index (χ2v) is 4.56. The zero-order chi connectivity index (χ0) is 12.4. The molecule has 0 saturated heterocycles. The molecule has 5 nitrogen and oxygen atoms in total. The van der Waals surface area contributed by atoms with Gasteiger partial charge in [-0.25, -0.2) is 19.9 Å². The lowest BCUT2D eigenvalue weighted by molar-refractivity contribution is 1.04. The predicted molar refractivity (Wildman–Crippen MR) is 70.1 cm³/mol. The monoisotopic (exact) mass is 255 g/mol. The minimum atomic E-state index is 0.269. The number of rotatable bonds is 2. The molecule has 2 heterocycles. The quantitative estimate of drug-likeness (QED) is 0.707. The molecule has 3 rings (SSSR count). The summed E-state index contributed by atoms with van der Waals surface area (Å²) in [4.78, 5) is 16.5. The van der Waals surface area contributed by atoms with E-state index in [1.807, 2.05) is 30.3 Å². The standard InChI is InChI=1S/C12H9N5S/c13-12-16-9-4-2-1-3-8(9)11(17-12)18-10-5-6-14-7-15-10/h1-7H,(H2,13,16,17). The summed E-state index contributed by atoms with van der Waals surface area (Å²) >= 11 is 1.45. The predicted octanol–water partition coefficient (Wildman–Crippen LogP) is 2.15. The van der Waals surface area contributed by atoms with E-state index in [1.54, 1.807) is 6.20 Å². The third-order valence-electron chi connectivity index (χ3n) is 2.34. The van der Waals surface area contributed by atoms with Gasteiger partial charge in [0.2, 0.25) is 5.95 Å². The first-order chi connectivity index (χ1) is 8.83. The molecule has 2 aromatic heterocycles. The van der Waals surface area contributed by atoms with Crippen LogP contribution in [0.5, 0.6) is 0 Å². The molecule has 2 N–H and O–H groups in total. The normalized spacial score (nSPS) is 10.7. The van der Waals surface area contributed by atoms with Gasteiger partial charge in [0.05, 0.1) is 5.52 Å². The minimum Gasteiger partial charge on any atom is -0.368 e. The summed E-state index contributed by atoms with van der Waals surface area (Å²) in [6.07, 6.45) is 3.21. The Bertz CT molecular complexity index is 686. The molecule has 0 aliphatic rings. The number of fused-ring (bicyclic) bond motifs is 1. The molecule has 0 spiro atoms. The van der Waals surface area contributed by atoms with Crippen molar-refractivity contribution in [2.75, 3.05) is 5.73 Å². The van der Waals surface area contributed by atoms with Crippen molar-refractivity contribution in [3.8, 4) is 0 Å². The molecule has 18 heavy (non-hydrogen) atoms. The van der Waals surface area contributed by atoms with Crippen LogP contribution in [0.4, 0.5) is 5.95 Å². The molecule has 0 aliphatic carbocycles. The van der Waals surface area contributed by atoms with E-state index in [-0.39, 0.29) is 5.95 Å². The molecule has 1 aromatic carbocycles. The zero-order valence-corrected chi connectivity index (χ0v) is 10.1. The van der Waals surface area contributed by atoms with Crippen LogP contribution in [0.2, 0.25) is 0 Å². The molecule has 0 radical (unpaired) electrons. The Hall–Kier alpha value is -2.21. The lowest BCUT2D eigenvalue weighted by Crippen LogP contribution is -1.97. The lowest BCUT2D eigenvalue weighted by atomic mass is 10.2. The maximum absolute atomic E-state index is 5.71. The van der Waals surface area contributed by atoms with Crippen molar-refractivity contribution in [2.45, 2.75) is 10.1 Å². The Labute approximate surface area is 108 Å². The van der Waals surface area contributed by atoms with Crippen LogP contribution in [0.1, 0.15) is 0 Å². The molecular formula is C12H9N5S. The van der Waals surface area contributed by atoms with E-state index < -0.39 is 0 Å². The number of para-hydroxylation sites is 1. The topological polar surface area (TPSA) is 77.6 Å². The van der Waals surface area contributed by atoms with Crippen LogP contribution in [0.25, 0.3) is 10.9 Å². The van der Waals surface area contributed by atoms with Crippen LogP contribution in [0.3, 0.4) is 0 Å². The lowest BCUT2D eigenvalue weighted by Gasteiger charge is -2.05. The van der Waals surface area contributed by atoms with Crippen molar-refractivity contribution in [2.24, 2.45) is 0 Å². The minimum absolute atomic E-state index is 0.269. The summed E-state index contributed by atoms with van der Waals surface area (Å²) in [5.41, 5.74) is 6.54. The van der Waals surface area contributed by atoms with Gasteiger partial charge in [-0.15, -0.1) is 0 Å². The fraction of sp³-hybridized carbons (Fsp3) is 0. The average Bonchev–Trinajstić information content (AvgIpc) is 2.40. The van der Waals surface area contributed by atoms with Gasteiger partial charge >= 0.3 is 0 Å². The number of nitrogens with zero attached hydrogens (tertiary/aromatic N) is 4. The van der Waals surface area contributed by atoms with E-state index in [2.05, 4.69) is 19.9 Å². The van der Waals surface area contributed by atoms with Crippen molar-refractivity contribution in [1.82, 2.24) is 19.9 Å². The first-order valence-electron chi connectivity index (χ1n) is 5.29. The van der Waals surface area contributed by atoms with E-state index in [0.717, 1.165) is 21.0 Å². The van der Waals surface area contributed by atoms with Gasteiger partial charge in [-0.05, 0) is 23.9 Å². The van der Waals surface area contributed by atoms with Gasteiger partial charge in [-0.3, -0.25) is 0 Å². The highest BCUT2D eigenvalue weighted by Crippen LogP contribution is 2.30. The smallest absolute Gasteiger partial charge is 0.221 e. The highest BCUT2D eigenvalue weighted by atomic mass is 32.2. The molecule has 0 atom stereocenters. The third-order valence-corrected chi connectivity index (χ3v) is 3.30.